The first-order chi connectivity index (χ1) is 12.5. The standard InChI is InChI=1S/C20H25ClN4O/c1-14(2)19(15-7-4-3-5-8-15)22-20(26)16-9-6-12-25(13-16)18-11-10-17(21)23-24-18/h3-5,7-8,10-11,14,16,19H,6,9,12-13H2,1-2H3,(H,22,26). The number of carbonyl (C=O) groups excluding carboxylic acids is 1. The zero-order valence-corrected chi connectivity index (χ0v) is 16.0. The van der Waals surface area contributed by atoms with E-state index in [4.69, 9.17) is 11.6 Å². The molecule has 0 bridgehead atoms. The second-order valence-electron chi connectivity index (χ2n) is 7.14. The van der Waals surface area contributed by atoms with Crippen molar-refractivity contribution in [2.75, 3.05) is 18.0 Å². The van der Waals surface area contributed by atoms with Crippen LogP contribution in [0.5, 0.6) is 0 Å². The van der Waals surface area contributed by atoms with Gasteiger partial charge < -0.3 is 10.2 Å². The minimum Gasteiger partial charge on any atom is -0.354 e. The third kappa shape index (κ3) is 4.52. The van der Waals surface area contributed by atoms with E-state index in [-0.39, 0.29) is 17.9 Å². The molecular formula is C20H25ClN4O. The second kappa shape index (κ2) is 8.49. The fourth-order valence-corrected chi connectivity index (χ4v) is 3.54. The number of hydrogen-bond acceptors (Lipinski definition) is 4. The summed E-state index contributed by atoms with van der Waals surface area (Å²) in [5.41, 5.74) is 1.15. The van der Waals surface area contributed by atoms with E-state index in [2.05, 4.69) is 46.4 Å². The third-order valence-corrected chi connectivity index (χ3v) is 5.06. The molecule has 1 aromatic heterocycles. The molecule has 1 fully saturated rings. The Morgan fingerprint density at radius 2 is 1.96 bits per heavy atom. The van der Waals surface area contributed by atoms with E-state index in [9.17, 15) is 4.79 Å². The molecule has 1 aliphatic heterocycles. The number of hydrogen-bond donors (Lipinski definition) is 1. The van der Waals surface area contributed by atoms with Crippen molar-refractivity contribution in [3.63, 3.8) is 0 Å². The number of piperidine rings is 1. The summed E-state index contributed by atoms with van der Waals surface area (Å²) in [5.74, 6) is 1.16. The Hall–Kier alpha value is -2.14. The molecule has 1 saturated heterocycles. The number of nitrogens with one attached hydrogen (secondary N) is 1. The number of aromatic nitrogens is 2. The third-order valence-electron chi connectivity index (χ3n) is 4.86. The van der Waals surface area contributed by atoms with Gasteiger partial charge in [0.25, 0.3) is 0 Å². The molecule has 1 aromatic carbocycles. The highest BCUT2D eigenvalue weighted by atomic mass is 35.5. The highest BCUT2D eigenvalue weighted by molar-refractivity contribution is 6.29. The van der Waals surface area contributed by atoms with Gasteiger partial charge in [0.1, 0.15) is 0 Å². The quantitative estimate of drug-likeness (QED) is 0.865. The van der Waals surface area contributed by atoms with Gasteiger partial charge in [0.2, 0.25) is 5.91 Å². The highest BCUT2D eigenvalue weighted by Crippen LogP contribution is 2.25. The Kier molecular flexibility index (Phi) is 6.09. The van der Waals surface area contributed by atoms with Gasteiger partial charge in [0.05, 0.1) is 12.0 Å². The maximum Gasteiger partial charge on any atom is 0.225 e. The Morgan fingerprint density at radius 1 is 1.19 bits per heavy atom. The summed E-state index contributed by atoms with van der Waals surface area (Å²) in [7, 11) is 0. The average molecular weight is 373 g/mol. The van der Waals surface area contributed by atoms with Gasteiger partial charge in [0.15, 0.2) is 11.0 Å². The zero-order valence-electron chi connectivity index (χ0n) is 15.2. The van der Waals surface area contributed by atoms with Gasteiger partial charge in [-0.25, -0.2) is 0 Å². The number of halogens is 1. The lowest BCUT2D eigenvalue weighted by atomic mass is 9.93. The highest BCUT2D eigenvalue weighted by Gasteiger charge is 2.29. The first kappa shape index (κ1) is 18.6. The SMILES string of the molecule is CC(C)C(NC(=O)C1CCCN(c2ccc(Cl)nn2)C1)c1ccccc1. The van der Waals surface area contributed by atoms with Gasteiger partial charge in [0, 0.05) is 13.1 Å². The van der Waals surface area contributed by atoms with E-state index in [0.29, 0.717) is 17.6 Å². The van der Waals surface area contributed by atoms with Gasteiger partial charge >= 0.3 is 0 Å². The number of amides is 1. The zero-order chi connectivity index (χ0) is 18.5. The molecule has 1 amide bonds. The summed E-state index contributed by atoms with van der Waals surface area (Å²) >= 11 is 5.82. The lowest BCUT2D eigenvalue weighted by molar-refractivity contribution is -0.126. The average Bonchev–Trinajstić information content (AvgIpc) is 2.67. The molecule has 3 rings (SSSR count). The molecule has 6 heteroatoms. The monoisotopic (exact) mass is 372 g/mol. The molecule has 2 unspecified atom stereocenters. The molecule has 138 valence electrons. The van der Waals surface area contributed by atoms with E-state index in [0.717, 1.165) is 30.8 Å². The van der Waals surface area contributed by atoms with E-state index in [1.54, 1.807) is 6.07 Å². The number of carbonyl (C=O) groups is 1. The maximum atomic E-state index is 12.9. The lowest BCUT2D eigenvalue weighted by Crippen LogP contribution is -2.45. The van der Waals surface area contributed by atoms with Crippen LogP contribution in [-0.2, 0) is 4.79 Å². The van der Waals surface area contributed by atoms with Gasteiger partial charge in [-0.15, -0.1) is 10.2 Å². The smallest absolute Gasteiger partial charge is 0.225 e. The molecule has 2 heterocycles. The van der Waals surface area contributed by atoms with Crippen LogP contribution in [0.25, 0.3) is 0 Å². The van der Waals surface area contributed by atoms with Gasteiger partial charge in [-0.05, 0) is 36.5 Å². The Balaban J connectivity index is 1.67. The molecule has 2 aromatic rings. The minimum atomic E-state index is -0.0498. The van der Waals surface area contributed by atoms with Crippen LogP contribution in [0.3, 0.4) is 0 Å². The van der Waals surface area contributed by atoms with Crippen molar-refractivity contribution in [2.24, 2.45) is 11.8 Å². The normalized spacial score (nSPS) is 18.6. The molecule has 0 saturated carbocycles. The van der Waals surface area contributed by atoms with Crippen molar-refractivity contribution in [1.29, 1.82) is 0 Å². The van der Waals surface area contributed by atoms with Crippen molar-refractivity contribution >= 4 is 23.3 Å². The van der Waals surface area contributed by atoms with E-state index < -0.39 is 0 Å². The molecule has 0 radical (unpaired) electrons. The van der Waals surface area contributed by atoms with Crippen LogP contribution in [-0.4, -0.2) is 29.2 Å². The summed E-state index contributed by atoms with van der Waals surface area (Å²) in [5, 5.41) is 11.7. The summed E-state index contributed by atoms with van der Waals surface area (Å²) < 4.78 is 0. The molecule has 26 heavy (non-hydrogen) atoms. The van der Waals surface area contributed by atoms with Crippen molar-refractivity contribution in [3.8, 4) is 0 Å². The van der Waals surface area contributed by atoms with Crippen molar-refractivity contribution in [2.45, 2.75) is 32.7 Å². The molecule has 0 spiro atoms. The van der Waals surface area contributed by atoms with Crippen molar-refractivity contribution < 1.29 is 4.79 Å². The van der Waals surface area contributed by atoms with Crippen LogP contribution in [0.4, 0.5) is 5.82 Å². The Labute approximate surface area is 159 Å². The molecule has 5 nitrogen and oxygen atoms in total. The largest absolute Gasteiger partial charge is 0.354 e. The lowest BCUT2D eigenvalue weighted by Gasteiger charge is -2.34. The summed E-state index contributed by atoms with van der Waals surface area (Å²) in [6.45, 7) is 5.80. The number of nitrogens with zero attached hydrogens (tertiary/aromatic N) is 3. The topological polar surface area (TPSA) is 58.1 Å². The fraction of sp³-hybridized carbons (Fsp3) is 0.450. The predicted molar refractivity (Wildman–Crippen MR) is 104 cm³/mol. The van der Waals surface area contributed by atoms with E-state index >= 15 is 0 Å². The fourth-order valence-electron chi connectivity index (χ4n) is 3.44. The first-order valence-corrected chi connectivity index (χ1v) is 9.52. The first-order valence-electron chi connectivity index (χ1n) is 9.14. The van der Waals surface area contributed by atoms with Gasteiger partial charge in [-0.3, -0.25) is 4.79 Å². The van der Waals surface area contributed by atoms with E-state index in [1.165, 1.54) is 0 Å². The number of anilines is 1. The number of rotatable bonds is 5. The van der Waals surface area contributed by atoms with Crippen molar-refractivity contribution in [1.82, 2.24) is 15.5 Å². The maximum absolute atomic E-state index is 12.9. The summed E-state index contributed by atoms with van der Waals surface area (Å²) in [6, 6.07) is 13.8. The van der Waals surface area contributed by atoms with Crippen LogP contribution in [0, 0.1) is 11.8 Å². The molecule has 1 aliphatic rings. The van der Waals surface area contributed by atoms with Crippen LogP contribution in [0.15, 0.2) is 42.5 Å². The number of benzene rings is 1. The molecular weight excluding hydrogens is 348 g/mol. The van der Waals surface area contributed by atoms with Crippen molar-refractivity contribution in [3.05, 3.63) is 53.2 Å². The van der Waals surface area contributed by atoms with E-state index in [1.807, 2.05) is 24.3 Å². The molecule has 0 aliphatic carbocycles. The predicted octanol–water partition coefficient (Wildman–Crippen LogP) is 3.86. The Morgan fingerprint density at radius 3 is 2.62 bits per heavy atom. The van der Waals surface area contributed by atoms with Gasteiger partial charge in [-0.2, -0.15) is 0 Å². The van der Waals surface area contributed by atoms with Crippen LogP contribution >= 0.6 is 11.6 Å². The van der Waals surface area contributed by atoms with Crippen LogP contribution in [0.2, 0.25) is 5.15 Å². The van der Waals surface area contributed by atoms with Gasteiger partial charge in [-0.1, -0.05) is 55.8 Å². The minimum absolute atomic E-state index is 0.0226. The molecule has 1 N–H and O–H groups in total. The second-order valence-corrected chi connectivity index (χ2v) is 7.53. The Bertz CT molecular complexity index is 720. The summed E-state index contributed by atoms with van der Waals surface area (Å²) in [6.07, 6.45) is 1.85. The van der Waals surface area contributed by atoms with Crippen LogP contribution < -0.4 is 10.2 Å². The summed E-state index contributed by atoms with van der Waals surface area (Å²) in [4.78, 5) is 15.0. The van der Waals surface area contributed by atoms with Crippen LogP contribution in [0.1, 0.15) is 38.3 Å². The molecule has 2 atom stereocenters.